The van der Waals surface area contributed by atoms with Gasteiger partial charge in [0.1, 0.15) is 0 Å². The third-order valence-corrected chi connectivity index (χ3v) is 12.9. The van der Waals surface area contributed by atoms with Crippen LogP contribution in [0, 0.1) is 0 Å². The van der Waals surface area contributed by atoms with E-state index in [1.165, 1.54) is 49.2 Å². The molecule has 0 radical (unpaired) electrons. The Hall–Kier alpha value is -7.56. The van der Waals surface area contributed by atoms with E-state index in [0.29, 0.717) is 5.82 Å². The summed E-state index contributed by atoms with van der Waals surface area (Å²) in [5.41, 5.74) is 16.9. The first-order valence-corrected chi connectivity index (χ1v) is 22.3. The van der Waals surface area contributed by atoms with Crippen LogP contribution < -0.4 is 0 Å². The van der Waals surface area contributed by atoms with Crippen molar-refractivity contribution in [3.8, 4) is 56.4 Å². The number of benzene rings is 8. The molecule has 11 rings (SSSR count). The van der Waals surface area contributed by atoms with Gasteiger partial charge in [0.2, 0.25) is 0 Å². The zero-order valence-electron chi connectivity index (χ0n) is 37.3. The van der Waals surface area contributed by atoms with Crippen LogP contribution in [0.3, 0.4) is 0 Å². The van der Waals surface area contributed by atoms with Crippen molar-refractivity contribution in [2.45, 2.75) is 52.4 Å². The second kappa shape index (κ2) is 15.1. The Morgan fingerprint density at radius 2 is 0.703 bits per heavy atom. The van der Waals surface area contributed by atoms with Crippen LogP contribution in [0.25, 0.3) is 100 Å². The highest BCUT2D eigenvalue weighted by molar-refractivity contribution is 6.12. The number of para-hydroxylation sites is 5. The lowest BCUT2D eigenvalue weighted by atomic mass is 9.86. The standard InChI is InChI=1S/C60H50N4/c1-59(2,3)44-31-26-39(27-32-44)50-38-51(40-28-33-45(34-29-40)60(4,5)6)62-58(61-50)43-17-15-16-41(36-43)42-30-35-55-49(37-42)48-20-9-12-23-54(48)64(55)57-25-14-13-24-56(57)63-52-21-10-7-18-46(52)47-19-8-11-22-53(47)63/h7-38H,1-6H3. The summed E-state index contributed by atoms with van der Waals surface area (Å²) in [6.07, 6.45) is 0. The van der Waals surface area contributed by atoms with Crippen molar-refractivity contribution in [2.24, 2.45) is 0 Å². The molecule has 11 aromatic rings. The molecule has 3 heterocycles. The van der Waals surface area contributed by atoms with Crippen LogP contribution in [-0.4, -0.2) is 19.1 Å². The summed E-state index contributed by atoms with van der Waals surface area (Å²) in [4.78, 5) is 10.5. The van der Waals surface area contributed by atoms with Crippen molar-refractivity contribution in [3.63, 3.8) is 0 Å². The monoisotopic (exact) mass is 826 g/mol. The smallest absolute Gasteiger partial charge is 0.160 e. The molecule has 0 N–H and O–H groups in total. The molecular weight excluding hydrogens is 777 g/mol. The zero-order chi connectivity index (χ0) is 43.7. The lowest BCUT2D eigenvalue weighted by Crippen LogP contribution is -2.10. The maximum absolute atomic E-state index is 5.26. The van der Waals surface area contributed by atoms with Crippen molar-refractivity contribution >= 4 is 43.6 Å². The van der Waals surface area contributed by atoms with E-state index >= 15 is 0 Å². The summed E-state index contributed by atoms with van der Waals surface area (Å²) in [7, 11) is 0. The number of nitrogens with zero attached hydrogens (tertiary/aromatic N) is 4. The fourth-order valence-electron chi connectivity index (χ4n) is 9.43. The Morgan fingerprint density at radius 1 is 0.312 bits per heavy atom. The van der Waals surface area contributed by atoms with E-state index in [2.05, 4.69) is 245 Å². The fourth-order valence-corrected chi connectivity index (χ4v) is 9.43. The van der Waals surface area contributed by atoms with E-state index < -0.39 is 0 Å². The molecular formula is C60H50N4. The highest BCUT2D eigenvalue weighted by Gasteiger charge is 2.21. The average molecular weight is 827 g/mol. The molecule has 0 spiro atoms. The van der Waals surface area contributed by atoms with Crippen LogP contribution in [0.4, 0.5) is 0 Å². The van der Waals surface area contributed by atoms with Gasteiger partial charge in [-0.25, -0.2) is 9.97 Å². The van der Waals surface area contributed by atoms with Crippen molar-refractivity contribution in [1.29, 1.82) is 0 Å². The van der Waals surface area contributed by atoms with Crippen molar-refractivity contribution < 1.29 is 0 Å². The zero-order valence-corrected chi connectivity index (χ0v) is 37.3. The Balaban J connectivity index is 1.04. The van der Waals surface area contributed by atoms with Gasteiger partial charge in [-0.15, -0.1) is 0 Å². The van der Waals surface area contributed by atoms with Crippen LogP contribution >= 0.6 is 0 Å². The number of fused-ring (bicyclic) bond motifs is 6. The normalized spacial score (nSPS) is 12.2. The summed E-state index contributed by atoms with van der Waals surface area (Å²) in [6.45, 7) is 13.5. The summed E-state index contributed by atoms with van der Waals surface area (Å²) < 4.78 is 4.86. The molecule has 0 aliphatic heterocycles. The second-order valence-corrected chi connectivity index (χ2v) is 19.1. The van der Waals surface area contributed by atoms with Crippen LogP contribution in [0.1, 0.15) is 52.7 Å². The number of rotatable bonds is 6. The van der Waals surface area contributed by atoms with E-state index in [1.807, 2.05) is 0 Å². The molecule has 0 bridgehead atoms. The van der Waals surface area contributed by atoms with Gasteiger partial charge >= 0.3 is 0 Å². The molecule has 64 heavy (non-hydrogen) atoms. The quantitative estimate of drug-likeness (QED) is 0.167. The van der Waals surface area contributed by atoms with Gasteiger partial charge in [-0.1, -0.05) is 181 Å². The molecule has 4 nitrogen and oxygen atoms in total. The largest absolute Gasteiger partial charge is 0.307 e. The lowest BCUT2D eigenvalue weighted by Gasteiger charge is -2.19. The van der Waals surface area contributed by atoms with Crippen LogP contribution in [-0.2, 0) is 10.8 Å². The first kappa shape index (κ1) is 39.3. The molecule has 0 aliphatic carbocycles. The Morgan fingerprint density at radius 3 is 1.19 bits per heavy atom. The van der Waals surface area contributed by atoms with E-state index in [9.17, 15) is 0 Å². The minimum absolute atomic E-state index is 0.0611. The topological polar surface area (TPSA) is 35.6 Å². The molecule has 0 fully saturated rings. The Kier molecular flexibility index (Phi) is 9.25. The van der Waals surface area contributed by atoms with Crippen molar-refractivity contribution in [2.75, 3.05) is 0 Å². The van der Waals surface area contributed by atoms with Gasteiger partial charge in [0, 0.05) is 38.2 Å². The first-order valence-electron chi connectivity index (χ1n) is 22.3. The van der Waals surface area contributed by atoms with E-state index in [-0.39, 0.29) is 10.8 Å². The number of hydrogen-bond donors (Lipinski definition) is 0. The fraction of sp³-hybridized carbons (Fsp3) is 0.133. The lowest BCUT2D eigenvalue weighted by molar-refractivity contribution is 0.590. The van der Waals surface area contributed by atoms with Gasteiger partial charge in [-0.2, -0.15) is 0 Å². The van der Waals surface area contributed by atoms with E-state index in [1.54, 1.807) is 0 Å². The maximum atomic E-state index is 5.26. The molecule has 0 saturated carbocycles. The van der Waals surface area contributed by atoms with E-state index in [0.717, 1.165) is 56.1 Å². The SMILES string of the molecule is CC(C)(C)c1ccc(-c2cc(-c3ccc(C(C)(C)C)cc3)nc(-c3cccc(-c4ccc5c(c4)c4ccccc4n5-c4ccccc4-n4c5ccccc5c5ccccc54)c3)n2)cc1. The predicted octanol–water partition coefficient (Wildman–Crippen LogP) is 15.9. The van der Waals surface area contributed by atoms with Gasteiger partial charge in [0.25, 0.3) is 0 Å². The van der Waals surface area contributed by atoms with Crippen molar-refractivity contribution in [1.82, 2.24) is 19.1 Å². The van der Waals surface area contributed by atoms with Gasteiger partial charge in [-0.3, -0.25) is 0 Å². The summed E-state index contributed by atoms with van der Waals surface area (Å²) in [5, 5.41) is 4.91. The van der Waals surface area contributed by atoms with Crippen LogP contribution in [0.5, 0.6) is 0 Å². The Bertz CT molecular complexity index is 3420. The predicted molar refractivity (Wildman–Crippen MR) is 270 cm³/mol. The molecule has 3 aromatic heterocycles. The molecule has 0 amide bonds. The minimum Gasteiger partial charge on any atom is -0.307 e. The summed E-state index contributed by atoms with van der Waals surface area (Å²) in [6, 6.07) is 70.5. The molecule has 0 aliphatic rings. The summed E-state index contributed by atoms with van der Waals surface area (Å²) in [5.74, 6) is 0.702. The van der Waals surface area contributed by atoms with Gasteiger partial charge < -0.3 is 9.13 Å². The average Bonchev–Trinajstić information content (AvgIpc) is 3.83. The molecule has 8 aromatic carbocycles. The van der Waals surface area contributed by atoms with Crippen LogP contribution in [0.2, 0.25) is 0 Å². The molecule has 0 saturated heterocycles. The second-order valence-electron chi connectivity index (χ2n) is 19.1. The molecule has 310 valence electrons. The highest BCUT2D eigenvalue weighted by Crippen LogP contribution is 2.40. The highest BCUT2D eigenvalue weighted by atomic mass is 15.1. The first-order chi connectivity index (χ1) is 31.0. The van der Waals surface area contributed by atoms with Gasteiger partial charge in [0.15, 0.2) is 5.82 Å². The van der Waals surface area contributed by atoms with Crippen LogP contribution in [0.15, 0.2) is 194 Å². The van der Waals surface area contributed by atoms with Crippen molar-refractivity contribution in [3.05, 3.63) is 205 Å². The van der Waals surface area contributed by atoms with Gasteiger partial charge in [-0.05, 0) is 87.7 Å². The number of aromatic nitrogens is 4. The van der Waals surface area contributed by atoms with Gasteiger partial charge in [0.05, 0.1) is 44.8 Å². The molecule has 0 atom stereocenters. The minimum atomic E-state index is 0.0611. The van der Waals surface area contributed by atoms with E-state index in [4.69, 9.17) is 9.97 Å². The third-order valence-electron chi connectivity index (χ3n) is 12.9. The third kappa shape index (κ3) is 6.78. The Labute approximate surface area is 375 Å². The summed E-state index contributed by atoms with van der Waals surface area (Å²) >= 11 is 0. The number of hydrogen-bond acceptors (Lipinski definition) is 2. The maximum Gasteiger partial charge on any atom is 0.160 e. The molecule has 4 heteroatoms. The molecule has 0 unspecified atom stereocenters.